The van der Waals surface area contributed by atoms with E-state index in [4.69, 9.17) is 4.74 Å². The zero-order chi connectivity index (χ0) is 14.9. The topological polar surface area (TPSA) is 39.1 Å². The molecule has 1 aromatic heterocycles. The van der Waals surface area contributed by atoms with Crippen LogP contribution in [0.3, 0.4) is 0 Å². The fourth-order valence-corrected chi connectivity index (χ4v) is 2.84. The van der Waals surface area contributed by atoms with Gasteiger partial charge < -0.3 is 10.1 Å². The van der Waals surface area contributed by atoms with E-state index in [1.807, 2.05) is 25.7 Å². The van der Waals surface area contributed by atoms with Gasteiger partial charge in [-0.25, -0.2) is 0 Å². The summed E-state index contributed by atoms with van der Waals surface area (Å²) >= 11 is 0. The van der Waals surface area contributed by atoms with Crippen molar-refractivity contribution in [3.63, 3.8) is 0 Å². The van der Waals surface area contributed by atoms with Crippen molar-refractivity contribution in [2.45, 2.75) is 26.8 Å². The zero-order valence-corrected chi connectivity index (χ0v) is 13.1. The molecule has 2 aromatic rings. The van der Waals surface area contributed by atoms with Crippen LogP contribution in [0.2, 0.25) is 0 Å². The van der Waals surface area contributed by atoms with Gasteiger partial charge in [0.1, 0.15) is 5.75 Å². The number of aryl methyl sites for hydroxylation is 4. The summed E-state index contributed by atoms with van der Waals surface area (Å²) in [7, 11) is 5.64. The molecular formula is C16H23N3O. The van der Waals surface area contributed by atoms with Gasteiger partial charge >= 0.3 is 0 Å². The van der Waals surface area contributed by atoms with Crippen molar-refractivity contribution in [2.75, 3.05) is 14.2 Å². The minimum absolute atomic E-state index is 0.0826. The first-order valence-corrected chi connectivity index (χ1v) is 6.80. The van der Waals surface area contributed by atoms with Crippen LogP contribution in [0.4, 0.5) is 0 Å². The summed E-state index contributed by atoms with van der Waals surface area (Å²) in [5.74, 6) is 0.921. The lowest BCUT2D eigenvalue weighted by Crippen LogP contribution is -2.20. The molecule has 0 aliphatic carbocycles. The predicted octanol–water partition coefficient (Wildman–Crippen LogP) is 2.66. The van der Waals surface area contributed by atoms with Gasteiger partial charge in [-0.05, 0) is 45.0 Å². The van der Waals surface area contributed by atoms with Gasteiger partial charge in [0.05, 0.1) is 18.8 Å². The number of nitrogens with one attached hydrogen (secondary N) is 1. The smallest absolute Gasteiger partial charge is 0.124 e. The maximum atomic E-state index is 5.59. The van der Waals surface area contributed by atoms with E-state index >= 15 is 0 Å². The Balaban J connectivity index is 2.60. The fraction of sp³-hybridized carbons (Fsp3) is 0.438. The third kappa shape index (κ3) is 2.56. The maximum Gasteiger partial charge on any atom is 0.124 e. The minimum atomic E-state index is 0.0826. The molecule has 1 N–H and O–H groups in total. The number of hydrogen-bond acceptors (Lipinski definition) is 3. The molecule has 4 heteroatoms. The first-order valence-electron chi connectivity index (χ1n) is 6.80. The summed E-state index contributed by atoms with van der Waals surface area (Å²) in [5.41, 5.74) is 5.83. The largest absolute Gasteiger partial charge is 0.496 e. The molecular weight excluding hydrogens is 250 g/mol. The molecule has 0 amide bonds. The molecule has 108 valence electrons. The summed E-state index contributed by atoms with van der Waals surface area (Å²) < 4.78 is 7.44. The third-order valence-corrected chi connectivity index (χ3v) is 3.65. The van der Waals surface area contributed by atoms with Crippen LogP contribution in [0.1, 0.15) is 34.0 Å². The molecule has 0 aliphatic heterocycles. The molecule has 0 radical (unpaired) electrons. The van der Waals surface area contributed by atoms with Gasteiger partial charge in [-0.1, -0.05) is 6.07 Å². The standard InChI is InChI=1S/C16H23N3O/c1-10-7-11(2)15(14(8-10)20-6)16(17-4)13-9-19(5)18-12(13)3/h7-9,16-17H,1-6H3. The maximum absolute atomic E-state index is 5.59. The first-order chi connectivity index (χ1) is 9.47. The normalized spacial score (nSPS) is 12.5. The number of nitrogens with zero attached hydrogens (tertiary/aromatic N) is 2. The van der Waals surface area contributed by atoms with Crippen LogP contribution in [0, 0.1) is 20.8 Å². The van der Waals surface area contributed by atoms with Crippen molar-refractivity contribution in [3.8, 4) is 5.75 Å². The highest BCUT2D eigenvalue weighted by atomic mass is 16.5. The number of methoxy groups -OCH3 is 1. The van der Waals surface area contributed by atoms with Gasteiger partial charge in [0, 0.05) is 24.4 Å². The van der Waals surface area contributed by atoms with Gasteiger partial charge in [-0.2, -0.15) is 5.10 Å². The van der Waals surface area contributed by atoms with Crippen LogP contribution in [0.15, 0.2) is 18.3 Å². The van der Waals surface area contributed by atoms with Crippen LogP contribution in [-0.2, 0) is 7.05 Å². The van der Waals surface area contributed by atoms with Gasteiger partial charge in [0.2, 0.25) is 0 Å². The van der Waals surface area contributed by atoms with Crippen LogP contribution in [-0.4, -0.2) is 23.9 Å². The van der Waals surface area contributed by atoms with E-state index in [0.717, 1.165) is 11.4 Å². The molecule has 1 atom stereocenters. The molecule has 0 aliphatic rings. The Morgan fingerprint density at radius 2 is 1.95 bits per heavy atom. The second-order valence-corrected chi connectivity index (χ2v) is 5.26. The Morgan fingerprint density at radius 1 is 1.25 bits per heavy atom. The first kappa shape index (κ1) is 14.6. The van der Waals surface area contributed by atoms with Crippen LogP contribution < -0.4 is 10.1 Å². The van der Waals surface area contributed by atoms with E-state index in [1.165, 1.54) is 22.3 Å². The van der Waals surface area contributed by atoms with E-state index < -0.39 is 0 Å². The Morgan fingerprint density at radius 3 is 2.45 bits per heavy atom. The minimum Gasteiger partial charge on any atom is -0.496 e. The number of rotatable bonds is 4. The lowest BCUT2D eigenvalue weighted by molar-refractivity contribution is 0.404. The van der Waals surface area contributed by atoms with Gasteiger partial charge in [-0.3, -0.25) is 4.68 Å². The van der Waals surface area contributed by atoms with E-state index in [-0.39, 0.29) is 6.04 Å². The van der Waals surface area contributed by atoms with Crippen molar-refractivity contribution in [3.05, 3.63) is 46.3 Å². The quantitative estimate of drug-likeness (QED) is 0.931. The van der Waals surface area contributed by atoms with Gasteiger partial charge in [0.25, 0.3) is 0 Å². The highest BCUT2D eigenvalue weighted by Gasteiger charge is 2.22. The summed E-state index contributed by atoms with van der Waals surface area (Å²) in [6.45, 7) is 6.25. The van der Waals surface area contributed by atoms with Crippen molar-refractivity contribution in [2.24, 2.45) is 7.05 Å². The van der Waals surface area contributed by atoms with Crippen molar-refractivity contribution in [1.29, 1.82) is 0 Å². The zero-order valence-electron chi connectivity index (χ0n) is 13.1. The molecule has 0 bridgehead atoms. The van der Waals surface area contributed by atoms with Gasteiger partial charge in [0.15, 0.2) is 0 Å². The summed E-state index contributed by atoms with van der Waals surface area (Å²) in [4.78, 5) is 0. The molecule has 1 heterocycles. The van der Waals surface area contributed by atoms with E-state index in [0.29, 0.717) is 0 Å². The molecule has 0 saturated heterocycles. The van der Waals surface area contributed by atoms with Gasteiger partial charge in [-0.15, -0.1) is 0 Å². The highest BCUT2D eigenvalue weighted by molar-refractivity contribution is 5.49. The number of benzene rings is 1. The average Bonchev–Trinajstić information content (AvgIpc) is 2.71. The molecule has 2 rings (SSSR count). The lowest BCUT2D eigenvalue weighted by Gasteiger charge is -2.22. The van der Waals surface area contributed by atoms with Crippen LogP contribution >= 0.6 is 0 Å². The molecule has 20 heavy (non-hydrogen) atoms. The Labute approximate surface area is 120 Å². The molecule has 0 fully saturated rings. The molecule has 4 nitrogen and oxygen atoms in total. The fourth-order valence-electron chi connectivity index (χ4n) is 2.84. The highest BCUT2D eigenvalue weighted by Crippen LogP contribution is 2.34. The van der Waals surface area contributed by atoms with Crippen molar-refractivity contribution < 1.29 is 4.74 Å². The van der Waals surface area contributed by atoms with Crippen LogP contribution in [0.5, 0.6) is 5.75 Å². The van der Waals surface area contributed by atoms with E-state index in [1.54, 1.807) is 7.11 Å². The molecule has 1 aromatic carbocycles. The Kier molecular flexibility index (Phi) is 4.14. The number of ether oxygens (including phenoxy) is 1. The number of hydrogen-bond donors (Lipinski definition) is 1. The SMILES string of the molecule is CNC(c1cn(C)nc1C)c1c(C)cc(C)cc1OC. The summed E-state index contributed by atoms with van der Waals surface area (Å²) in [5, 5.41) is 7.83. The molecule has 1 unspecified atom stereocenters. The van der Waals surface area contributed by atoms with Crippen molar-refractivity contribution in [1.82, 2.24) is 15.1 Å². The third-order valence-electron chi connectivity index (χ3n) is 3.65. The second kappa shape index (κ2) is 5.67. The summed E-state index contributed by atoms with van der Waals surface area (Å²) in [6, 6.07) is 4.35. The summed E-state index contributed by atoms with van der Waals surface area (Å²) in [6.07, 6.45) is 2.06. The Bertz CT molecular complexity index is 616. The molecule has 0 spiro atoms. The monoisotopic (exact) mass is 273 g/mol. The predicted molar refractivity (Wildman–Crippen MR) is 81.3 cm³/mol. The Hall–Kier alpha value is -1.81. The lowest BCUT2D eigenvalue weighted by atomic mass is 9.93. The molecule has 0 saturated carbocycles. The number of aromatic nitrogens is 2. The van der Waals surface area contributed by atoms with E-state index in [9.17, 15) is 0 Å². The van der Waals surface area contributed by atoms with Crippen LogP contribution in [0.25, 0.3) is 0 Å². The second-order valence-electron chi connectivity index (χ2n) is 5.26. The average molecular weight is 273 g/mol. The van der Waals surface area contributed by atoms with E-state index in [2.05, 4.69) is 42.6 Å². The van der Waals surface area contributed by atoms with Crippen molar-refractivity contribution >= 4 is 0 Å².